The Morgan fingerprint density at radius 1 is 1.38 bits per heavy atom. The first-order valence-corrected chi connectivity index (χ1v) is 7.51. The zero-order valence-electron chi connectivity index (χ0n) is 12.8. The molecule has 2 heteroatoms. The zero-order chi connectivity index (χ0) is 15.2. The number of benzene rings is 1. The Bertz CT molecular complexity index is 583. The summed E-state index contributed by atoms with van der Waals surface area (Å²) in [5, 5.41) is 3.35. The van der Waals surface area contributed by atoms with Gasteiger partial charge in [-0.25, -0.2) is 0 Å². The Labute approximate surface area is 127 Å². The molecule has 1 saturated carbocycles. The molecule has 0 radical (unpaired) electrons. The van der Waals surface area contributed by atoms with Crippen LogP contribution < -0.4 is 5.32 Å². The number of carbonyl (C=O) groups excluding carboxylic acids is 1. The highest BCUT2D eigenvalue weighted by atomic mass is 16.1. The smallest absolute Gasteiger partial charge is 0.150 e. The van der Waals surface area contributed by atoms with Crippen molar-refractivity contribution in [2.75, 3.05) is 5.32 Å². The van der Waals surface area contributed by atoms with Gasteiger partial charge in [-0.15, -0.1) is 0 Å². The fraction of sp³-hybridized carbons (Fsp3) is 0.316. The van der Waals surface area contributed by atoms with E-state index in [2.05, 4.69) is 24.9 Å². The van der Waals surface area contributed by atoms with Crippen LogP contribution >= 0.6 is 0 Å². The second kappa shape index (κ2) is 7.07. The van der Waals surface area contributed by atoms with Crippen molar-refractivity contribution in [2.45, 2.75) is 32.6 Å². The molecule has 110 valence electrons. The number of anilines is 1. The van der Waals surface area contributed by atoms with Gasteiger partial charge in [-0.05, 0) is 67.5 Å². The molecule has 0 heterocycles. The maximum absolute atomic E-state index is 11.3. The summed E-state index contributed by atoms with van der Waals surface area (Å²) in [5.74, 6) is 1.18. The van der Waals surface area contributed by atoms with Gasteiger partial charge in [-0.1, -0.05) is 25.7 Å². The molecule has 0 spiro atoms. The molecule has 2 unspecified atom stereocenters. The van der Waals surface area contributed by atoms with Crippen LogP contribution in [-0.2, 0) is 0 Å². The average molecular weight is 281 g/mol. The van der Waals surface area contributed by atoms with E-state index in [4.69, 9.17) is 0 Å². The minimum absolute atomic E-state index is 0.513. The van der Waals surface area contributed by atoms with Gasteiger partial charge in [0.05, 0.1) is 0 Å². The minimum Gasteiger partial charge on any atom is -0.356 e. The second-order valence-corrected chi connectivity index (χ2v) is 5.60. The van der Waals surface area contributed by atoms with Gasteiger partial charge in [0.1, 0.15) is 6.29 Å². The lowest BCUT2D eigenvalue weighted by Crippen LogP contribution is -2.22. The molecule has 1 N–H and O–H groups in total. The number of hydrogen-bond acceptors (Lipinski definition) is 2. The number of aldehydes is 1. The molecule has 0 amide bonds. The molecule has 0 saturated heterocycles. The fourth-order valence-corrected chi connectivity index (χ4v) is 2.74. The van der Waals surface area contributed by atoms with Crippen molar-refractivity contribution in [3.05, 3.63) is 65.9 Å². The molecule has 0 bridgehead atoms. The highest BCUT2D eigenvalue weighted by molar-refractivity contribution is 5.79. The molecule has 2 rings (SSSR count). The van der Waals surface area contributed by atoms with Crippen molar-refractivity contribution in [1.29, 1.82) is 0 Å². The molecule has 2 atom stereocenters. The lowest BCUT2D eigenvalue weighted by molar-refractivity contribution is 0.112. The van der Waals surface area contributed by atoms with E-state index in [1.807, 2.05) is 37.3 Å². The minimum atomic E-state index is 0.513. The molecule has 1 aliphatic carbocycles. The van der Waals surface area contributed by atoms with E-state index in [0.29, 0.717) is 11.8 Å². The summed E-state index contributed by atoms with van der Waals surface area (Å²) >= 11 is 0. The van der Waals surface area contributed by atoms with Crippen molar-refractivity contribution in [3.63, 3.8) is 0 Å². The Hall–Kier alpha value is -2.09. The van der Waals surface area contributed by atoms with Crippen LogP contribution in [-0.4, -0.2) is 6.29 Å². The van der Waals surface area contributed by atoms with Crippen molar-refractivity contribution >= 4 is 12.0 Å². The lowest BCUT2D eigenvalue weighted by atomic mass is 9.70. The fourth-order valence-electron chi connectivity index (χ4n) is 2.74. The van der Waals surface area contributed by atoms with Gasteiger partial charge >= 0.3 is 0 Å². The second-order valence-electron chi connectivity index (χ2n) is 5.60. The average Bonchev–Trinajstić information content (AvgIpc) is 2.50. The molecular formula is C19H23NO. The molecule has 0 aliphatic heterocycles. The normalized spacial score (nSPS) is 21.9. The Balaban J connectivity index is 2.27. The van der Waals surface area contributed by atoms with Gasteiger partial charge in [-0.2, -0.15) is 0 Å². The highest BCUT2D eigenvalue weighted by Crippen LogP contribution is 2.43. The number of nitrogens with one attached hydrogen (secondary N) is 1. The molecule has 21 heavy (non-hydrogen) atoms. The summed E-state index contributed by atoms with van der Waals surface area (Å²) in [6, 6.07) is 5.96. The van der Waals surface area contributed by atoms with E-state index < -0.39 is 0 Å². The van der Waals surface area contributed by atoms with Gasteiger partial charge in [-0.3, -0.25) is 4.79 Å². The third-order valence-electron chi connectivity index (χ3n) is 4.21. The van der Waals surface area contributed by atoms with E-state index in [1.54, 1.807) is 6.08 Å². The predicted molar refractivity (Wildman–Crippen MR) is 89.7 cm³/mol. The van der Waals surface area contributed by atoms with E-state index in [0.717, 1.165) is 23.2 Å². The molecule has 0 aromatic heterocycles. The van der Waals surface area contributed by atoms with Gasteiger partial charge in [0.15, 0.2) is 0 Å². The van der Waals surface area contributed by atoms with Crippen molar-refractivity contribution < 1.29 is 4.79 Å². The first kappa shape index (κ1) is 15.3. The van der Waals surface area contributed by atoms with Crippen LogP contribution in [0.2, 0.25) is 0 Å². The Kier molecular flexibility index (Phi) is 5.15. The number of carbonyl (C=O) groups is 1. The van der Waals surface area contributed by atoms with Gasteiger partial charge in [0, 0.05) is 16.9 Å². The van der Waals surface area contributed by atoms with Crippen LogP contribution in [0.5, 0.6) is 0 Å². The van der Waals surface area contributed by atoms with Gasteiger partial charge in [0.25, 0.3) is 0 Å². The van der Waals surface area contributed by atoms with E-state index in [-0.39, 0.29) is 0 Å². The highest BCUT2D eigenvalue weighted by Gasteiger charge is 2.29. The standard InChI is InChI=1S/C19H23NO/c1-4-6-7-16(5-2)20-17-10-9-15(13-21)19(12-17)18-11-8-14(18)3/h4-7,9-10,12-14,18,20H,2,8,11H2,1,3H3/b6-4-,16-7+. The van der Waals surface area contributed by atoms with Crippen molar-refractivity contribution in [1.82, 2.24) is 0 Å². The molecule has 1 aromatic carbocycles. The molecule has 2 nitrogen and oxygen atoms in total. The first-order valence-electron chi connectivity index (χ1n) is 7.51. The van der Waals surface area contributed by atoms with Crippen LogP contribution in [0.3, 0.4) is 0 Å². The van der Waals surface area contributed by atoms with Crippen molar-refractivity contribution in [2.24, 2.45) is 5.92 Å². The quantitative estimate of drug-likeness (QED) is 0.582. The van der Waals surface area contributed by atoms with Crippen molar-refractivity contribution in [3.8, 4) is 0 Å². The van der Waals surface area contributed by atoms with E-state index >= 15 is 0 Å². The third-order valence-corrected chi connectivity index (χ3v) is 4.21. The summed E-state index contributed by atoms with van der Waals surface area (Å²) in [7, 11) is 0. The van der Waals surface area contributed by atoms with E-state index in [9.17, 15) is 4.79 Å². The largest absolute Gasteiger partial charge is 0.356 e. The maximum atomic E-state index is 11.3. The van der Waals surface area contributed by atoms with Crippen LogP contribution in [0.25, 0.3) is 0 Å². The van der Waals surface area contributed by atoms with Gasteiger partial charge in [0.2, 0.25) is 0 Å². The van der Waals surface area contributed by atoms with Crippen LogP contribution in [0, 0.1) is 5.92 Å². The summed E-state index contributed by atoms with van der Waals surface area (Å²) in [6.07, 6.45) is 11.1. The summed E-state index contributed by atoms with van der Waals surface area (Å²) in [6.45, 7) is 8.05. The molecule has 1 fully saturated rings. The van der Waals surface area contributed by atoms with Crippen LogP contribution in [0.4, 0.5) is 5.69 Å². The lowest BCUT2D eigenvalue weighted by Gasteiger charge is -2.35. The number of rotatable bonds is 6. The SMILES string of the molecule is C=C/C(=C\C=C/C)Nc1ccc(C=O)c(C2CCC2C)c1. The molecule has 1 aromatic rings. The molecule has 1 aliphatic rings. The Morgan fingerprint density at radius 3 is 2.71 bits per heavy atom. The number of hydrogen-bond donors (Lipinski definition) is 1. The summed E-state index contributed by atoms with van der Waals surface area (Å²) in [5.41, 5.74) is 3.93. The summed E-state index contributed by atoms with van der Waals surface area (Å²) in [4.78, 5) is 11.3. The van der Waals surface area contributed by atoms with E-state index in [1.165, 1.54) is 18.4 Å². The van der Waals surface area contributed by atoms with Crippen LogP contribution in [0.15, 0.2) is 54.8 Å². The predicted octanol–water partition coefficient (Wildman–Crippen LogP) is 5.07. The topological polar surface area (TPSA) is 29.1 Å². The maximum Gasteiger partial charge on any atom is 0.150 e. The zero-order valence-corrected chi connectivity index (χ0v) is 12.8. The molecular weight excluding hydrogens is 258 g/mol. The van der Waals surface area contributed by atoms with Crippen LogP contribution in [0.1, 0.15) is 48.5 Å². The van der Waals surface area contributed by atoms with Gasteiger partial charge < -0.3 is 5.32 Å². The summed E-state index contributed by atoms with van der Waals surface area (Å²) < 4.78 is 0. The third kappa shape index (κ3) is 3.52. The monoisotopic (exact) mass is 281 g/mol. The first-order chi connectivity index (χ1) is 10.2. The Morgan fingerprint density at radius 2 is 2.19 bits per heavy atom. The number of allylic oxidation sites excluding steroid dienone is 4.